The predicted octanol–water partition coefficient (Wildman–Crippen LogP) is 1.76. The Morgan fingerprint density at radius 2 is 1.71 bits per heavy atom. The summed E-state index contributed by atoms with van der Waals surface area (Å²) in [6, 6.07) is 5.77. The van der Waals surface area contributed by atoms with E-state index in [4.69, 9.17) is 18.9 Å². The van der Waals surface area contributed by atoms with Crippen LogP contribution < -0.4 is 9.47 Å². The lowest BCUT2D eigenvalue weighted by Crippen LogP contribution is -2.47. The van der Waals surface area contributed by atoms with Crippen LogP contribution in [0.3, 0.4) is 0 Å². The summed E-state index contributed by atoms with van der Waals surface area (Å²) in [4.78, 5) is 14.5. The van der Waals surface area contributed by atoms with Crippen LogP contribution in [0, 0.1) is 0 Å². The Bertz CT molecular complexity index is 601. The number of carbonyl (C=O) groups is 1. The first-order valence-electron chi connectivity index (χ1n) is 8.68. The van der Waals surface area contributed by atoms with Gasteiger partial charge in [-0.05, 0) is 17.7 Å². The van der Waals surface area contributed by atoms with Crippen LogP contribution in [0.1, 0.15) is 24.8 Å². The Morgan fingerprint density at radius 1 is 1.00 bits per heavy atom. The number of amides is 1. The van der Waals surface area contributed by atoms with E-state index in [1.54, 1.807) is 0 Å². The molecule has 1 aromatic carbocycles. The quantitative estimate of drug-likeness (QED) is 0.825. The van der Waals surface area contributed by atoms with Gasteiger partial charge in [0, 0.05) is 32.4 Å². The second kappa shape index (κ2) is 6.61. The highest BCUT2D eigenvalue weighted by atomic mass is 16.7. The second-order valence-electron chi connectivity index (χ2n) is 6.50. The number of fused-ring (bicyclic) bond motifs is 1. The largest absolute Gasteiger partial charge is 0.490 e. The molecule has 0 unspecified atom stereocenters. The highest BCUT2D eigenvalue weighted by Crippen LogP contribution is 2.33. The van der Waals surface area contributed by atoms with E-state index in [1.165, 1.54) is 0 Å². The Balaban J connectivity index is 1.37. The first-order chi connectivity index (χ1) is 11.7. The first-order valence-corrected chi connectivity index (χ1v) is 8.68. The van der Waals surface area contributed by atoms with Gasteiger partial charge in [0.25, 0.3) is 0 Å². The van der Waals surface area contributed by atoms with Crippen LogP contribution in [0.2, 0.25) is 0 Å². The van der Waals surface area contributed by atoms with Crippen LogP contribution in [0.4, 0.5) is 0 Å². The highest BCUT2D eigenvalue weighted by molar-refractivity contribution is 5.79. The van der Waals surface area contributed by atoms with Crippen LogP contribution in [0.5, 0.6) is 11.5 Å². The fraction of sp³-hybridized carbons (Fsp3) is 0.611. The molecule has 0 saturated carbocycles. The van der Waals surface area contributed by atoms with E-state index in [0.29, 0.717) is 45.9 Å². The van der Waals surface area contributed by atoms with Crippen molar-refractivity contribution in [2.75, 3.05) is 39.5 Å². The molecule has 3 aliphatic heterocycles. The lowest BCUT2D eigenvalue weighted by atomic mass is 10.0. The summed E-state index contributed by atoms with van der Waals surface area (Å²) in [5.41, 5.74) is 0.956. The van der Waals surface area contributed by atoms with Crippen molar-refractivity contribution in [3.05, 3.63) is 23.8 Å². The zero-order valence-electron chi connectivity index (χ0n) is 13.8. The molecular formula is C18H23NO5. The van der Waals surface area contributed by atoms with Gasteiger partial charge in [0.1, 0.15) is 0 Å². The third-order valence-corrected chi connectivity index (χ3v) is 4.86. The van der Waals surface area contributed by atoms with Crippen molar-refractivity contribution in [2.45, 2.75) is 31.5 Å². The monoisotopic (exact) mass is 333 g/mol. The van der Waals surface area contributed by atoms with E-state index in [1.807, 2.05) is 23.1 Å². The predicted molar refractivity (Wildman–Crippen MR) is 86.2 cm³/mol. The Labute approximate surface area is 141 Å². The summed E-state index contributed by atoms with van der Waals surface area (Å²) in [5.74, 6) is 1.20. The van der Waals surface area contributed by atoms with E-state index in [0.717, 1.165) is 36.3 Å². The number of benzene rings is 1. The summed E-state index contributed by atoms with van der Waals surface area (Å²) in [6.45, 7) is 4.01. The minimum Gasteiger partial charge on any atom is -0.490 e. The molecular weight excluding hydrogens is 310 g/mol. The molecule has 4 rings (SSSR count). The average molecular weight is 333 g/mol. The third-order valence-electron chi connectivity index (χ3n) is 4.86. The summed E-state index contributed by atoms with van der Waals surface area (Å²) in [5, 5.41) is 0. The summed E-state index contributed by atoms with van der Waals surface area (Å²) in [7, 11) is 0. The van der Waals surface area contributed by atoms with Crippen LogP contribution in [0.25, 0.3) is 0 Å². The van der Waals surface area contributed by atoms with Gasteiger partial charge in [0.05, 0.1) is 32.8 Å². The maximum absolute atomic E-state index is 12.6. The van der Waals surface area contributed by atoms with Crippen molar-refractivity contribution >= 4 is 5.91 Å². The normalized spacial score (nSPS) is 22.4. The number of piperidine rings is 1. The van der Waals surface area contributed by atoms with Crippen LogP contribution in [-0.2, 0) is 20.7 Å². The number of ether oxygens (including phenoxy) is 4. The molecule has 0 N–H and O–H groups in total. The number of carbonyl (C=O) groups excluding carboxylic acids is 1. The number of nitrogens with zero attached hydrogens (tertiary/aromatic N) is 1. The molecule has 3 heterocycles. The zero-order valence-corrected chi connectivity index (χ0v) is 13.8. The molecule has 1 spiro atoms. The number of hydrogen-bond donors (Lipinski definition) is 0. The topological polar surface area (TPSA) is 57.2 Å². The fourth-order valence-corrected chi connectivity index (χ4v) is 3.49. The van der Waals surface area contributed by atoms with Gasteiger partial charge in [-0.25, -0.2) is 0 Å². The van der Waals surface area contributed by atoms with Crippen molar-refractivity contribution < 1.29 is 23.7 Å². The van der Waals surface area contributed by atoms with Gasteiger partial charge < -0.3 is 23.8 Å². The van der Waals surface area contributed by atoms with Gasteiger partial charge in [-0.1, -0.05) is 6.07 Å². The molecule has 24 heavy (non-hydrogen) atoms. The lowest BCUT2D eigenvalue weighted by molar-refractivity contribution is -0.187. The molecule has 130 valence electrons. The van der Waals surface area contributed by atoms with Crippen molar-refractivity contribution in [1.29, 1.82) is 0 Å². The molecule has 0 aromatic heterocycles. The van der Waals surface area contributed by atoms with Gasteiger partial charge in [-0.15, -0.1) is 0 Å². The average Bonchev–Trinajstić information content (AvgIpc) is 2.91. The fourth-order valence-electron chi connectivity index (χ4n) is 3.49. The Kier molecular flexibility index (Phi) is 4.33. The standard InChI is InChI=1S/C18H23NO5/c20-17(19-6-4-18(5-7-19)23-10-11-24-18)13-14-2-3-15-16(12-14)22-9-1-8-21-15/h2-3,12H,1,4-11,13H2. The number of hydrogen-bond acceptors (Lipinski definition) is 5. The molecule has 6 nitrogen and oxygen atoms in total. The van der Waals surface area contributed by atoms with E-state index < -0.39 is 5.79 Å². The molecule has 2 fully saturated rings. The Morgan fingerprint density at radius 3 is 2.46 bits per heavy atom. The van der Waals surface area contributed by atoms with Crippen molar-refractivity contribution in [3.63, 3.8) is 0 Å². The molecule has 1 amide bonds. The summed E-state index contributed by atoms with van der Waals surface area (Å²) >= 11 is 0. The minimum atomic E-state index is -0.438. The molecule has 3 aliphatic rings. The maximum atomic E-state index is 12.6. The van der Waals surface area contributed by atoms with Gasteiger partial charge in [0.2, 0.25) is 5.91 Å². The second-order valence-corrected chi connectivity index (χ2v) is 6.50. The van der Waals surface area contributed by atoms with Crippen molar-refractivity contribution in [1.82, 2.24) is 4.90 Å². The Hall–Kier alpha value is -1.79. The molecule has 0 atom stereocenters. The van der Waals surface area contributed by atoms with Crippen molar-refractivity contribution in [2.24, 2.45) is 0 Å². The van der Waals surface area contributed by atoms with Gasteiger partial charge in [-0.2, -0.15) is 0 Å². The van der Waals surface area contributed by atoms with Gasteiger partial charge >= 0.3 is 0 Å². The van der Waals surface area contributed by atoms with E-state index in [9.17, 15) is 4.79 Å². The van der Waals surface area contributed by atoms with Crippen LogP contribution >= 0.6 is 0 Å². The molecule has 0 radical (unpaired) electrons. The summed E-state index contributed by atoms with van der Waals surface area (Å²) < 4.78 is 22.7. The molecule has 6 heteroatoms. The molecule has 1 aromatic rings. The zero-order chi connectivity index (χ0) is 16.4. The smallest absolute Gasteiger partial charge is 0.226 e. The maximum Gasteiger partial charge on any atom is 0.226 e. The van der Waals surface area contributed by atoms with E-state index in [-0.39, 0.29) is 5.91 Å². The molecule has 0 aliphatic carbocycles. The third kappa shape index (κ3) is 3.21. The first kappa shape index (κ1) is 15.7. The minimum absolute atomic E-state index is 0.136. The van der Waals surface area contributed by atoms with Crippen LogP contribution in [0.15, 0.2) is 18.2 Å². The molecule has 0 bridgehead atoms. The highest BCUT2D eigenvalue weighted by Gasteiger charge is 2.40. The lowest BCUT2D eigenvalue weighted by Gasteiger charge is -2.37. The van der Waals surface area contributed by atoms with Crippen LogP contribution in [-0.4, -0.2) is 56.1 Å². The van der Waals surface area contributed by atoms with Crippen molar-refractivity contribution in [3.8, 4) is 11.5 Å². The van der Waals surface area contributed by atoms with E-state index >= 15 is 0 Å². The number of rotatable bonds is 2. The van der Waals surface area contributed by atoms with Gasteiger partial charge in [0.15, 0.2) is 17.3 Å². The number of likely N-dealkylation sites (tertiary alicyclic amines) is 1. The van der Waals surface area contributed by atoms with Gasteiger partial charge in [-0.3, -0.25) is 4.79 Å². The molecule has 2 saturated heterocycles. The summed E-state index contributed by atoms with van der Waals surface area (Å²) in [6.07, 6.45) is 2.76. The van der Waals surface area contributed by atoms with E-state index in [2.05, 4.69) is 0 Å². The SMILES string of the molecule is O=C(Cc1ccc2c(c1)OCCCO2)N1CCC2(CC1)OCCO2.